The molecule has 74 valence electrons. The quantitative estimate of drug-likeness (QED) is 0.437. The van der Waals surface area contributed by atoms with Crippen molar-refractivity contribution < 1.29 is 9.47 Å². The molecule has 0 N–H and O–H groups in total. The average Bonchev–Trinajstić information content (AvgIpc) is 2.05. The summed E-state index contributed by atoms with van der Waals surface area (Å²) in [7, 11) is 0. The zero-order chi connectivity index (χ0) is 9.23. The molecule has 0 saturated carbocycles. The molecule has 0 spiro atoms. The lowest BCUT2D eigenvalue weighted by Gasteiger charge is -2.11. The Balaban J connectivity index is 2.97. The third kappa shape index (κ3) is 8.31. The minimum atomic E-state index is 0.356. The van der Waals surface area contributed by atoms with E-state index >= 15 is 0 Å². The second-order valence-electron chi connectivity index (χ2n) is 2.77. The molecule has 3 heteroatoms. The van der Waals surface area contributed by atoms with Gasteiger partial charge in [-0.3, -0.25) is 0 Å². The molecule has 0 saturated heterocycles. The van der Waals surface area contributed by atoms with Gasteiger partial charge in [-0.25, -0.2) is 0 Å². The van der Waals surface area contributed by atoms with Gasteiger partial charge in [-0.2, -0.15) is 0 Å². The van der Waals surface area contributed by atoms with Crippen molar-refractivity contribution in [3.05, 3.63) is 0 Å². The molecule has 0 rings (SSSR count). The van der Waals surface area contributed by atoms with Gasteiger partial charge in [0.2, 0.25) is 0 Å². The van der Waals surface area contributed by atoms with Crippen LogP contribution in [0.3, 0.4) is 0 Å². The van der Waals surface area contributed by atoms with Gasteiger partial charge in [-0.15, -0.1) is 11.6 Å². The molecule has 2 nitrogen and oxygen atoms in total. The molecule has 12 heavy (non-hydrogen) atoms. The minimum Gasteiger partial charge on any atom is -0.378 e. The van der Waals surface area contributed by atoms with Crippen molar-refractivity contribution in [1.29, 1.82) is 0 Å². The van der Waals surface area contributed by atoms with Crippen molar-refractivity contribution in [3.63, 3.8) is 0 Å². The Kier molecular flexibility index (Phi) is 9.46. The Morgan fingerprint density at radius 2 is 2.00 bits per heavy atom. The predicted molar refractivity (Wildman–Crippen MR) is 51.9 cm³/mol. The van der Waals surface area contributed by atoms with E-state index in [2.05, 4.69) is 13.8 Å². The van der Waals surface area contributed by atoms with Crippen LogP contribution in [0.5, 0.6) is 0 Å². The Hall–Kier alpha value is 0.210. The molecule has 0 aromatic heterocycles. The molecular formula is C9H19ClO2. The molecule has 0 aliphatic rings. The smallest absolute Gasteiger partial charge is 0.0704 e. The fraction of sp³-hybridized carbons (Fsp3) is 1.00. The maximum Gasteiger partial charge on any atom is 0.0704 e. The van der Waals surface area contributed by atoms with Crippen molar-refractivity contribution >= 4 is 11.6 Å². The molecule has 1 atom stereocenters. The maximum absolute atomic E-state index is 5.46. The lowest BCUT2D eigenvalue weighted by molar-refractivity contribution is 0.0124. The van der Waals surface area contributed by atoms with Crippen LogP contribution < -0.4 is 0 Å². The van der Waals surface area contributed by atoms with E-state index in [0.717, 1.165) is 6.42 Å². The fourth-order valence-corrected chi connectivity index (χ4v) is 1.06. The van der Waals surface area contributed by atoms with Crippen molar-refractivity contribution in [2.45, 2.75) is 32.8 Å². The van der Waals surface area contributed by atoms with Crippen molar-refractivity contribution in [2.75, 3.05) is 25.7 Å². The van der Waals surface area contributed by atoms with Crippen LogP contribution in [0.2, 0.25) is 0 Å². The van der Waals surface area contributed by atoms with Gasteiger partial charge in [-0.05, 0) is 13.3 Å². The third-order valence-electron chi connectivity index (χ3n) is 1.55. The third-order valence-corrected chi connectivity index (χ3v) is 1.70. The van der Waals surface area contributed by atoms with Crippen molar-refractivity contribution in [2.24, 2.45) is 0 Å². The highest BCUT2D eigenvalue weighted by molar-refractivity contribution is 6.17. The van der Waals surface area contributed by atoms with Gasteiger partial charge in [0.1, 0.15) is 0 Å². The van der Waals surface area contributed by atoms with Gasteiger partial charge in [-0.1, -0.05) is 13.3 Å². The van der Waals surface area contributed by atoms with Gasteiger partial charge in [0, 0.05) is 5.88 Å². The summed E-state index contributed by atoms with van der Waals surface area (Å²) in [6.45, 7) is 6.20. The summed E-state index contributed by atoms with van der Waals surface area (Å²) in [4.78, 5) is 0. The topological polar surface area (TPSA) is 18.5 Å². The minimum absolute atomic E-state index is 0.356. The molecule has 0 bridgehead atoms. The monoisotopic (exact) mass is 194 g/mol. The van der Waals surface area contributed by atoms with Crippen LogP contribution in [-0.4, -0.2) is 31.8 Å². The van der Waals surface area contributed by atoms with E-state index in [4.69, 9.17) is 21.1 Å². The van der Waals surface area contributed by atoms with Crippen molar-refractivity contribution in [3.8, 4) is 0 Å². The van der Waals surface area contributed by atoms with E-state index in [0.29, 0.717) is 31.8 Å². The molecular weight excluding hydrogens is 176 g/mol. The molecule has 0 heterocycles. The van der Waals surface area contributed by atoms with E-state index in [1.54, 1.807) is 0 Å². The number of halogens is 1. The summed E-state index contributed by atoms with van der Waals surface area (Å²) in [6, 6.07) is 0. The summed E-state index contributed by atoms with van der Waals surface area (Å²) in [5.41, 5.74) is 0. The highest BCUT2D eigenvalue weighted by Crippen LogP contribution is 1.99. The van der Waals surface area contributed by atoms with E-state index in [1.807, 2.05) is 0 Å². The first kappa shape index (κ1) is 12.2. The number of rotatable bonds is 8. The fourth-order valence-electron chi connectivity index (χ4n) is 0.955. The van der Waals surface area contributed by atoms with Crippen LogP contribution in [0.1, 0.15) is 26.7 Å². The van der Waals surface area contributed by atoms with Crippen molar-refractivity contribution in [1.82, 2.24) is 0 Å². The Morgan fingerprint density at radius 3 is 2.58 bits per heavy atom. The highest BCUT2D eigenvalue weighted by Gasteiger charge is 1.98. The maximum atomic E-state index is 5.46. The van der Waals surface area contributed by atoms with E-state index in [9.17, 15) is 0 Å². The summed E-state index contributed by atoms with van der Waals surface area (Å²) >= 11 is 5.43. The van der Waals surface area contributed by atoms with Gasteiger partial charge in [0.05, 0.1) is 25.9 Å². The number of alkyl halides is 1. The standard InChI is InChI=1S/C9H19ClO2/c1-3-4-9(2)12-8-7-11-6-5-10/h9H,3-8H2,1-2H3. The molecule has 0 aliphatic heterocycles. The number of hydrogen-bond acceptors (Lipinski definition) is 2. The normalized spacial score (nSPS) is 13.2. The first-order valence-electron chi connectivity index (χ1n) is 4.56. The Labute approximate surface area is 80.2 Å². The van der Waals surface area contributed by atoms with E-state index in [1.165, 1.54) is 6.42 Å². The average molecular weight is 195 g/mol. The highest BCUT2D eigenvalue weighted by atomic mass is 35.5. The molecule has 0 aromatic rings. The van der Waals surface area contributed by atoms with Gasteiger partial charge >= 0.3 is 0 Å². The lowest BCUT2D eigenvalue weighted by atomic mass is 10.2. The Bertz CT molecular complexity index is 88.6. The van der Waals surface area contributed by atoms with Crippen LogP contribution in [-0.2, 0) is 9.47 Å². The first-order chi connectivity index (χ1) is 5.81. The van der Waals surface area contributed by atoms with Gasteiger partial charge in [0.25, 0.3) is 0 Å². The zero-order valence-corrected chi connectivity index (χ0v) is 8.77. The van der Waals surface area contributed by atoms with Gasteiger partial charge in [0.15, 0.2) is 0 Å². The van der Waals surface area contributed by atoms with E-state index in [-0.39, 0.29) is 0 Å². The second kappa shape index (κ2) is 9.30. The molecule has 1 unspecified atom stereocenters. The molecule has 0 aliphatic carbocycles. The van der Waals surface area contributed by atoms with E-state index < -0.39 is 0 Å². The summed E-state index contributed by atoms with van der Waals surface area (Å²) in [5.74, 6) is 0.560. The van der Waals surface area contributed by atoms with Crippen LogP contribution in [0, 0.1) is 0 Å². The molecule has 0 fully saturated rings. The molecule has 0 aromatic carbocycles. The Morgan fingerprint density at radius 1 is 1.25 bits per heavy atom. The lowest BCUT2D eigenvalue weighted by Crippen LogP contribution is -2.13. The summed E-state index contributed by atoms with van der Waals surface area (Å²) in [5, 5.41) is 0. The first-order valence-corrected chi connectivity index (χ1v) is 5.10. The zero-order valence-electron chi connectivity index (χ0n) is 8.01. The number of ether oxygens (including phenoxy) is 2. The summed E-state index contributed by atoms with van der Waals surface area (Å²) < 4.78 is 10.6. The van der Waals surface area contributed by atoms with Crippen LogP contribution >= 0.6 is 11.6 Å². The van der Waals surface area contributed by atoms with Crippen LogP contribution in [0.15, 0.2) is 0 Å². The van der Waals surface area contributed by atoms with Gasteiger partial charge < -0.3 is 9.47 Å². The number of hydrogen-bond donors (Lipinski definition) is 0. The molecule has 0 radical (unpaired) electrons. The SMILES string of the molecule is CCCC(C)OCCOCCCl. The largest absolute Gasteiger partial charge is 0.378 e. The summed E-state index contributed by atoms with van der Waals surface area (Å²) in [6.07, 6.45) is 2.65. The second-order valence-corrected chi connectivity index (χ2v) is 3.15. The van der Waals surface area contributed by atoms with Crippen LogP contribution in [0.25, 0.3) is 0 Å². The molecule has 0 amide bonds. The predicted octanol–water partition coefficient (Wildman–Crippen LogP) is 2.45. The van der Waals surface area contributed by atoms with Crippen LogP contribution in [0.4, 0.5) is 0 Å².